The van der Waals surface area contributed by atoms with Crippen molar-refractivity contribution < 1.29 is 4.52 Å². The summed E-state index contributed by atoms with van der Waals surface area (Å²) in [4.78, 5) is 6.65. The fourth-order valence-electron chi connectivity index (χ4n) is 2.51. The number of hydrogen-bond acceptors (Lipinski definition) is 5. The molecule has 1 atom stereocenters. The van der Waals surface area contributed by atoms with Gasteiger partial charge in [-0.25, -0.2) is 0 Å². The largest absolute Gasteiger partial charge is 0.334 e. The minimum Gasteiger partial charge on any atom is -0.334 e. The Labute approximate surface area is 133 Å². The number of rotatable bonds is 4. The molecule has 1 saturated heterocycles. The second-order valence-corrected chi connectivity index (χ2v) is 5.98. The van der Waals surface area contributed by atoms with Crippen molar-refractivity contribution in [3.8, 4) is 11.5 Å². The summed E-state index contributed by atoms with van der Waals surface area (Å²) in [5.41, 5.74) is 6.70. The third-order valence-corrected chi connectivity index (χ3v) is 4.23. The van der Waals surface area contributed by atoms with Crippen molar-refractivity contribution >= 4 is 23.2 Å². The maximum atomic E-state index is 6.15. The van der Waals surface area contributed by atoms with Gasteiger partial charge in [0.2, 0.25) is 0 Å². The highest BCUT2D eigenvalue weighted by molar-refractivity contribution is 6.38. The van der Waals surface area contributed by atoms with Crippen LogP contribution in [0.2, 0.25) is 10.0 Å². The molecule has 0 amide bonds. The van der Waals surface area contributed by atoms with Crippen LogP contribution in [0.15, 0.2) is 22.7 Å². The number of halogens is 2. The molecule has 21 heavy (non-hydrogen) atoms. The van der Waals surface area contributed by atoms with Crippen molar-refractivity contribution in [3.05, 3.63) is 34.1 Å². The van der Waals surface area contributed by atoms with Gasteiger partial charge in [-0.15, -0.1) is 0 Å². The predicted octanol–water partition coefficient (Wildman–Crippen LogP) is 3.14. The van der Waals surface area contributed by atoms with E-state index in [1.165, 1.54) is 12.8 Å². The molecule has 2 aromatic rings. The normalized spacial score (nSPS) is 17.3. The highest BCUT2D eigenvalue weighted by Gasteiger charge is 2.22. The molecule has 1 aromatic carbocycles. The zero-order chi connectivity index (χ0) is 14.8. The minimum atomic E-state index is -0.276. The fourth-order valence-corrected chi connectivity index (χ4v) is 3.07. The molecule has 112 valence electrons. The number of likely N-dealkylation sites (tertiary alicyclic amines) is 1. The Bertz CT molecular complexity index is 605. The number of benzene rings is 1. The van der Waals surface area contributed by atoms with Crippen LogP contribution in [0, 0.1) is 0 Å². The molecule has 2 heterocycles. The van der Waals surface area contributed by atoms with Crippen LogP contribution in [0.1, 0.15) is 24.7 Å². The van der Waals surface area contributed by atoms with E-state index < -0.39 is 0 Å². The van der Waals surface area contributed by atoms with Gasteiger partial charge in [0, 0.05) is 6.54 Å². The summed E-state index contributed by atoms with van der Waals surface area (Å²) in [6, 6.07) is 4.96. The zero-order valence-electron chi connectivity index (χ0n) is 11.4. The van der Waals surface area contributed by atoms with E-state index in [-0.39, 0.29) is 6.04 Å². The van der Waals surface area contributed by atoms with Crippen molar-refractivity contribution in [3.63, 3.8) is 0 Å². The minimum absolute atomic E-state index is 0.276. The van der Waals surface area contributed by atoms with Crippen LogP contribution in [0.5, 0.6) is 0 Å². The second kappa shape index (κ2) is 6.32. The summed E-state index contributed by atoms with van der Waals surface area (Å²) in [6.07, 6.45) is 2.44. The van der Waals surface area contributed by atoms with E-state index in [2.05, 4.69) is 15.0 Å². The molecule has 1 unspecified atom stereocenters. The van der Waals surface area contributed by atoms with Crippen LogP contribution >= 0.6 is 23.2 Å². The molecule has 0 saturated carbocycles. The van der Waals surface area contributed by atoms with Gasteiger partial charge >= 0.3 is 0 Å². The molecular formula is C14H16Cl2N4O. The van der Waals surface area contributed by atoms with Crippen LogP contribution in [-0.4, -0.2) is 34.7 Å². The molecule has 3 rings (SSSR count). The van der Waals surface area contributed by atoms with Crippen molar-refractivity contribution in [2.45, 2.75) is 18.9 Å². The smallest absolute Gasteiger partial charge is 0.261 e. The molecule has 1 aliphatic rings. The van der Waals surface area contributed by atoms with E-state index in [0.717, 1.165) is 19.6 Å². The Morgan fingerprint density at radius 2 is 1.90 bits per heavy atom. The lowest BCUT2D eigenvalue weighted by atomic mass is 10.2. The molecule has 0 aliphatic carbocycles. The molecule has 5 nitrogen and oxygen atoms in total. The van der Waals surface area contributed by atoms with Crippen LogP contribution in [-0.2, 0) is 0 Å². The van der Waals surface area contributed by atoms with Crippen molar-refractivity contribution in [1.29, 1.82) is 0 Å². The fraction of sp³-hybridized carbons (Fsp3) is 0.429. The maximum Gasteiger partial charge on any atom is 0.261 e. The van der Waals surface area contributed by atoms with Gasteiger partial charge in [0.1, 0.15) is 0 Å². The quantitative estimate of drug-likeness (QED) is 0.934. The first-order chi connectivity index (χ1) is 10.1. The third-order valence-electron chi connectivity index (χ3n) is 3.60. The first kappa shape index (κ1) is 14.8. The van der Waals surface area contributed by atoms with Gasteiger partial charge in [-0.1, -0.05) is 34.4 Å². The molecular weight excluding hydrogens is 311 g/mol. The number of hydrogen-bond donors (Lipinski definition) is 1. The molecule has 7 heteroatoms. The van der Waals surface area contributed by atoms with Gasteiger partial charge in [-0.05, 0) is 38.1 Å². The molecule has 0 spiro atoms. The maximum absolute atomic E-state index is 6.15. The summed E-state index contributed by atoms with van der Waals surface area (Å²) in [5.74, 6) is 0.783. The Morgan fingerprint density at radius 1 is 1.24 bits per heavy atom. The van der Waals surface area contributed by atoms with Crippen molar-refractivity contribution in [2.24, 2.45) is 5.73 Å². The molecule has 1 fully saturated rings. The van der Waals surface area contributed by atoms with E-state index >= 15 is 0 Å². The van der Waals surface area contributed by atoms with E-state index in [1.807, 2.05) is 0 Å². The van der Waals surface area contributed by atoms with Gasteiger partial charge in [0.15, 0.2) is 5.82 Å². The molecule has 1 aromatic heterocycles. The van der Waals surface area contributed by atoms with Gasteiger partial charge in [-0.3, -0.25) is 0 Å². The molecule has 0 radical (unpaired) electrons. The van der Waals surface area contributed by atoms with Crippen LogP contribution in [0.4, 0.5) is 0 Å². The Balaban J connectivity index is 1.79. The summed E-state index contributed by atoms with van der Waals surface area (Å²) in [6.45, 7) is 2.89. The highest BCUT2D eigenvalue weighted by Crippen LogP contribution is 2.33. The Hall–Kier alpha value is -1.14. The molecule has 0 bridgehead atoms. The van der Waals surface area contributed by atoms with E-state index in [0.29, 0.717) is 27.3 Å². The van der Waals surface area contributed by atoms with Crippen LogP contribution < -0.4 is 5.73 Å². The lowest BCUT2D eigenvalue weighted by Crippen LogP contribution is -2.30. The monoisotopic (exact) mass is 326 g/mol. The number of nitrogens with two attached hydrogens (primary N) is 1. The van der Waals surface area contributed by atoms with Gasteiger partial charge in [0.25, 0.3) is 5.89 Å². The first-order valence-electron chi connectivity index (χ1n) is 6.91. The summed E-state index contributed by atoms with van der Waals surface area (Å²) in [5, 5.41) is 4.92. The summed E-state index contributed by atoms with van der Waals surface area (Å²) < 4.78 is 5.27. The first-order valence-corrected chi connectivity index (χ1v) is 7.66. The van der Waals surface area contributed by atoms with Gasteiger partial charge in [-0.2, -0.15) is 4.98 Å². The standard InChI is InChI=1S/C14H16Cl2N4O/c15-9-4-3-5-10(16)12(9)14-18-13(19-21-14)11(17)8-20-6-1-2-7-20/h3-5,11H,1-2,6-8,17H2. The highest BCUT2D eigenvalue weighted by atomic mass is 35.5. The zero-order valence-corrected chi connectivity index (χ0v) is 12.9. The molecule has 1 aliphatic heterocycles. The summed E-state index contributed by atoms with van der Waals surface area (Å²) >= 11 is 12.3. The van der Waals surface area contributed by atoms with Crippen molar-refractivity contribution in [1.82, 2.24) is 15.0 Å². The van der Waals surface area contributed by atoms with Crippen LogP contribution in [0.3, 0.4) is 0 Å². The third kappa shape index (κ3) is 3.21. The average molecular weight is 327 g/mol. The van der Waals surface area contributed by atoms with E-state index in [4.69, 9.17) is 33.5 Å². The van der Waals surface area contributed by atoms with E-state index in [9.17, 15) is 0 Å². The lowest BCUT2D eigenvalue weighted by Gasteiger charge is -2.17. The number of nitrogens with zero attached hydrogens (tertiary/aromatic N) is 3. The average Bonchev–Trinajstić information content (AvgIpc) is 3.10. The van der Waals surface area contributed by atoms with Gasteiger partial charge < -0.3 is 15.2 Å². The van der Waals surface area contributed by atoms with E-state index in [1.54, 1.807) is 18.2 Å². The number of aromatic nitrogens is 2. The predicted molar refractivity (Wildman–Crippen MR) is 82.4 cm³/mol. The topological polar surface area (TPSA) is 68.2 Å². The van der Waals surface area contributed by atoms with Crippen molar-refractivity contribution in [2.75, 3.05) is 19.6 Å². The lowest BCUT2D eigenvalue weighted by molar-refractivity contribution is 0.306. The molecule has 2 N–H and O–H groups in total. The Kier molecular flexibility index (Phi) is 4.45. The summed E-state index contributed by atoms with van der Waals surface area (Å²) in [7, 11) is 0. The van der Waals surface area contributed by atoms with Crippen LogP contribution in [0.25, 0.3) is 11.5 Å². The SMILES string of the molecule is NC(CN1CCCC1)c1noc(-c2c(Cl)cccc2Cl)n1. The van der Waals surface area contributed by atoms with Gasteiger partial charge in [0.05, 0.1) is 21.7 Å². The second-order valence-electron chi connectivity index (χ2n) is 5.17. The Morgan fingerprint density at radius 3 is 2.57 bits per heavy atom.